The van der Waals surface area contributed by atoms with Gasteiger partial charge in [-0.25, -0.2) is 0 Å². The second-order valence-electron chi connectivity index (χ2n) is 9.36. The van der Waals surface area contributed by atoms with Crippen LogP contribution < -0.4 is 20.1 Å². The number of hydrogen-bond donors (Lipinski definition) is 2. The monoisotopic (exact) mass is 446 g/mol. The summed E-state index contributed by atoms with van der Waals surface area (Å²) in [6.07, 6.45) is 7.84. The van der Waals surface area contributed by atoms with Crippen LogP contribution in [0.3, 0.4) is 0 Å². The molecule has 0 unspecified atom stereocenters. The number of rotatable bonds is 9. The first-order valence-corrected chi connectivity index (χ1v) is 11.1. The Kier molecular flexibility index (Phi) is 6.48. The van der Waals surface area contributed by atoms with Crippen molar-refractivity contribution < 1.29 is 28.6 Å². The van der Waals surface area contributed by atoms with Crippen LogP contribution in [0.2, 0.25) is 0 Å². The number of aromatic nitrogens is 2. The van der Waals surface area contributed by atoms with Gasteiger partial charge in [0.15, 0.2) is 6.61 Å². The number of methoxy groups -OCH3 is 2. The average molecular weight is 447 g/mol. The predicted octanol–water partition coefficient (Wildman–Crippen LogP) is 1.70. The van der Waals surface area contributed by atoms with Crippen molar-refractivity contribution in [3.05, 3.63) is 6.07 Å². The molecule has 4 bridgehead atoms. The summed E-state index contributed by atoms with van der Waals surface area (Å²) in [5, 5.41) is 5.07. The minimum absolute atomic E-state index is 0.0360. The van der Waals surface area contributed by atoms with Crippen molar-refractivity contribution >= 4 is 23.7 Å². The van der Waals surface area contributed by atoms with E-state index < -0.39 is 18.5 Å². The highest BCUT2D eigenvalue weighted by molar-refractivity contribution is 5.91. The van der Waals surface area contributed by atoms with Crippen molar-refractivity contribution in [3.8, 4) is 11.8 Å². The van der Waals surface area contributed by atoms with Crippen molar-refractivity contribution in [2.75, 3.05) is 32.7 Å². The van der Waals surface area contributed by atoms with Crippen LogP contribution in [0.5, 0.6) is 11.8 Å². The number of carbonyl (C=O) groups excluding carboxylic acids is 3. The highest BCUT2D eigenvalue weighted by Crippen LogP contribution is 2.61. The molecule has 2 N–H and O–H groups in total. The molecule has 0 spiro atoms. The summed E-state index contributed by atoms with van der Waals surface area (Å²) >= 11 is 0. The van der Waals surface area contributed by atoms with E-state index in [2.05, 4.69) is 20.6 Å². The summed E-state index contributed by atoms with van der Waals surface area (Å²) in [6.45, 7) is -0.783. The van der Waals surface area contributed by atoms with Gasteiger partial charge in [0, 0.05) is 6.42 Å². The lowest BCUT2D eigenvalue weighted by Gasteiger charge is -2.56. The molecule has 10 heteroatoms. The van der Waals surface area contributed by atoms with E-state index in [0.29, 0.717) is 6.42 Å². The molecule has 32 heavy (non-hydrogen) atoms. The predicted molar refractivity (Wildman–Crippen MR) is 113 cm³/mol. The number of hydrogen-bond acceptors (Lipinski definition) is 8. The Bertz CT molecular complexity index is 832. The second kappa shape index (κ2) is 9.30. The Morgan fingerprint density at radius 3 is 2.06 bits per heavy atom. The van der Waals surface area contributed by atoms with Crippen molar-refractivity contribution in [2.24, 2.45) is 23.2 Å². The zero-order valence-electron chi connectivity index (χ0n) is 18.5. The summed E-state index contributed by atoms with van der Waals surface area (Å²) in [5.74, 6) is 1.29. The first-order valence-electron chi connectivity index (χ1n) is 11.1. The van der Waals surface area contributed by atoms with E-state index in [9.17, 15) is 14.4 Å². The van der Waals surface area contributed by atoms with Gasteiger partial charge in [0.1, 0.15) is 6.54 Å². The molecule has 4 fully saturated rings. The van der Waals surface area contributed by atoms with Gasteiger partial charge in [-0.3, -0.25) is 19.7 Å². The van der Waals surface area contributed by atoms with E-state index in [-0.39, 0.29) is 35.6 Å². The molecule has 1 aromatic heterocycles. The largest absolute Gasteiger partial charge is 0.481 e. The third-order valence-corrected chi connectivity index (χ3v) is 6.84. The van der Waals surface area contributed by atoms with Gasteiger partial charge in [-0.15, -0.1) is 0 Å². The number of carbonyl (C=O) groups is 3. The molecule has 0 aliphatic heterocycles. The fraction of sp³-hybridized carbons (Fsp3) is 0.682. The zero-order chi connectivity index (χ0) is 22.7. The van der Waals surface area contributed by atoms with Crippen LogP contribution >= 0.6 is 0 Å². The highest BCUT2D eigenvalue weighted by Gasteiger charge is 2.51. The molecule has 0 aromatic carbocycles. The molecule has 4 aliphatic carbocycles. The van der Waals surface area contributed by atoms with Crippen molar-refractivity contribution in [1.29, 1.82) is 0 Å². The van der Waals surface area contributed by atoms with Crippen molar-refractivity contribution in [3.63, 3.8) is 0 Å². The summed E-state index contributed by atoms with van der Waals surface area (Å²) in [7, 11) is 2.85. The number of amides is 2. The van der Waals surface area contributed by atoms with Gasteiger partial charge in [0.2, 0.25) is 23.6 Å². The molecule has 0 atom stereocenters. The minimum Gasteiger partial charge on any atom is -0.481 e. The summed E-state index contributed by atoms with van der Waals surface area (Å²) in [4.78, 5) is 44.5. The second-order valence-corrected chi connectivity index (χ2v) is 9.36. The number of anilines is 1. The molecule has 0 radical (unpaired) electrons. The van der Waals surface area contributed by atoms with Crippen LogP contribution in [0.4, 0.5) is 5.95 Å². The highest BCUT2D eigenvalue weighted by atomic mass is 16.5. The smallest absolute Gasteiger partial charge is 0.325 e. The molecule has 1 heterocycles. The fourth-order valence-corrected chi connectivity index (χ4v) is 6.11. The molecule has 10 nitrogen and oxygen atoms in total. The van der Waals surface area contributed by atoms with Crippen LogP contribution in [0, 0.1) is 23.2 Å². The van der Waals surface area contributed by atoms with Crippen LogP contribution in [0.15, 0.2) is 6.07 Å². The van der Waals surface area contributed by atoms with E-state index in [1.54, 1.807) is 0 Å². The number of nitrogens with zero attached hydrogens (tertiary/aromatic N) is 2. The van der Waals surface area contributed by atoms with Gasteiger partial charge < -0.3 is 19.5 Å². The van der Waals surface area contributed by atoms with Gasteiger partial charge >= 0.3 is 5.97 Å². The first kappa shape index (κ1) is 22.3. The molecule has 1 aromatic rings. The summed E-state index contributed by atoms with van der Waals surface area (Å²) in [5.41, 5.74) is 0.112. The summed E-state index contributed by atoms with van der Waals surface area (Å²) in [6, 6.07) is 1.46. The van der Waals surface area contributed by atoms with E-state index >= 15 is 0 Å². The lowest BCUT2D eigenvalue weighted by molar-refractivity contribution is -0.147. The quantitative estimate of drug-likeness (QED) is 0.549. The molecule has 4 aliphatic rings. The number of ether oxygens (including phenoxy) is 3. The third kappa shape index (κ3) is 5.28. The minimum atomic E-state index is -0.678. The molecular weight excluding hydrogens is 416 g/mol. The molecule has 5 rings (SSSR count). The van der Waals surface area contributed by atoms with Crippen LogP contribution in [0.25, 0.3) is 0 Å². The Labute approximate surface area is 186 Å². The van der Waals surface area contributed by atoms with E-state index in [1.807, 2.05) is 0 Å². The maximum absolute atomic E-state index is 12.5. The van der Waals surface area contributed by atoms with E-state index in [0.717, 1.165) is 37.0 Å². The molecule has 0 saturated heterocycles. The Morgan fingerprint density at radius 2 is 1.53 bits per heavy atom. The number of esters is 1. The maximum atomic E-state index is 12.5. The zero-order valence-corrected chi connectivity index (χ0v) is 18.5. The average Bonchev–Trinajstić information content (AvgIpc) is 2.74. The normalized spacial score (nSPS) is 27.5. The molecule has 2 amide bonds. The van der Waals surface area contributed by atoms with Gasteiger partial charge in [-0.05, 0) is 61.7 Å². The SMILES string of the molecule is COc1cc(OC)nc(NC(=O)COC(=O)CNC(=O)CC23CC4CC(CC(C4)C2)C3)n1. The van der Waals surface area contributed by atoms with Gasteiger partial charge in [0.25, 0.3) is 5.91 Å². The fourth-order valence-electron chi connectivity index (χ4n) is 6.11. The first-order chi connectivity index (χ1) is 15.4. The lowest BCUT2D eigenvalue weighted by atomic mass is 9.49. The Hall–Kier alpha value is -2.91. The van der Waals surface area contributed by atoms with Crippen LogP contribution in [-0.4, -0.2) is 55.1 Å². The van der Waals surface area contributed by atoms with Gasteiger partial charge in [-0.2, -0.15) is 9.97 Å². The van der Waals surface area contributed by atoms with Gasteiger partial charge in [-0.1, -0.05) is 0 Å². The van der Waals surface area contributed by atoms with Gasteiger partial charge in [0.05, 0.1) is 20.3 Å². The molecule has 4 saturated carbocycles. The van der Waals surface area contributed by atoms with Crippen LogP contribution in [0.1, 0.15) is 44.9 Å². The topological polar surface area (TPSA) is 129 Å². The third-order valence-electron chi connectivity index (χ3n) is 6.84. The van der Waals surface area contributed by atoms with Crippen molar-refractivity contribution in [1.82, 2.24) is 15.3 Å². The van der Waals surface area contributed by atoms with E-state index in [1.165, 1.54) is 39.5 Å². The van der Waals surface area contributed by atoms with Crippen LogP contribution in [-0.2, 0) is 19.1 Å². The Balaban J connectivity index is 1.18. The summed E-state index contributed by atoms with van der Waals surface area (Å²) < 4.78 is 15.0. The van der Waals surface area contributed by atoms with Crippen molar-refractivity contribution in [2.45, 2.75) is 44.9 Å². The van der Waals surface area contributed by atoms with E-state index in [4.69, 9.17) is 14.2 Å². The standard InChI is InChI=1S/C22H30N4O6/c1-30-18-6-19(31-2)26-21(25-18)24-17(28)12-32-20(29)11-23-16(27)10-22-7-13-3-14(8-22)5-15(4-13)9-22/h6,13-15H,3-5,7-12H2,1-2H3,(H,23,27)(H,24,25,26,28). The Morgan fingerprint density at radius 1 is 0.969 bits per heavy atom. The number of nitrogens with one attached hydrogen (secondary N) is 2. The lowest BCUT2D eigenvalue weighted by Crippen LogP contribution is -2.48. The molecule has 174 valence electrons. The molecular formula is C22H30N4O6. The maximum Gasteiger partial charge on any atom is 0.325 e.